The van der Waals surface area contributed by atoms with E-state index in [2.05, 4.69) is 14.9 Å². The minimum atomic E-state index is -0.706. The van der Waals surface area contributed by atoms with Gasteiger partial charge in [-0.1, -0.05) is 41.7 Å². The molecule has 0 aliphatic carbocycles. The van der Waals surface area contributed by atoms with Crippen LogP contribution in [-0.4, -0.2) is 39.1 Å². The van der Waals surface area contributed by atoms with Gasteiger partial charge >= 0.3 is 5.97 Å². The average Bonchev–Trinajstić information content (AvgIpc) is 3.51. The van der Waals surface area contributed by atoms with Crippen LogP contribution in [0.3, 0.4) is 0 Å². The lowest BCUT2D eigenvalue weighted by molar-refractivity contribution is -0.142. The lowest BCUT2D eigenvalue weighted by Gasteiger charge is -2.29. The van der Waals surface area contributed by atoms with Crippen molar-refractivity contribution in [3.63, 3.8) is 0 Å². The van der Waals surface area contributed by atoms with E-state index in [-0.39, 0.29) is 5.92 Å². The van der Waals surface area contributed by atoms with Gasteiger partial charge in [-0.3, -0.25) is 9.78 Å². The summed E-state index contributed by atoms with van der Waals surface area (Å²) in [6.07, 6.45) is 7.99. The quantitative estimate of drug-likeness (QED) is 0.483. The van der Waals surface area contributed by atoms with Crippen LogP contribution >= 0.6 is 11.3 Å². The highest BCUT2D eigenvalue weighted by molar-refractivity contribution is 7.19. The third-order valence-electron chi connectivity index (χ3n) is 5.53. The summed E-state index contributed by atoms with van der Waals surface area (Å²) < 4.78 is 5.39. The van der Waals surface area contributed by atoms with Crippen LogP contribution in [0.15, 0.2) is 65.8 Å². The summed E-state index contributed by atoms with van der Waals surface area (Å²) in [5.74, 6) is -0.251. The van der Waals surface area contributed by atoms with Gasteiger partial charge in [0, 0.05) is 42.2 Å². The number of anilines is 1. The minimum Gasteiger partial charge on any atom is -0.481 e. The topological polar surface area (TPSA) is 92.3 Å². The molecular weight excluding hydrogens is 412 g/mol. The van der Waals surface area contributed by atoms with Gasteiger partial charge in [-0.15, -0.1) is 0 Å². The maximum atomic E-state index is 11.3. The molecule has 156 valence electrons. The smallest absolute Gasteiger partial charge is 0.306 e. The number of benzene rings is 1. The fourth-order valence-corrected chi connectivity index (χ4v) is 4.93. The molecule has 0 radical (unpaired) electrons. The number of carbonyl (C=O) groups is 1. The Morgan fingerprint density at radius 2 is 1.81 bits per heavy atom. The molecule has 0 unspecified atom stereocenters. The first-order valence-electron chi connectivity index (χ1n) is 10.1. The molecular formula is C23H20N4O3S. The molecule has 0 saturated carbocycles. The second-order valence-electron chi connectivity index (χ2n) is 7.46. The van der Waals surface area contributed by atoms with Crippen molar-refractivity contribution in [1.29, 1.82) is 0 Å². The maximum absolute atomic E-state index is 11.3. The Morgan fingerprint density at radius 3 is 2.45 bits per heavy atom. The Balaban J connectivity index is 1.49. The first-order valence-corrected chi connectivity index (χ1v) is 10.9. The summed E-state index contributed by atoms with van der Waals surface area (Å²) in [5.41, 5.74) is 3.87. The van der Waals surface area contributed by atoms with E-state index in [9.17, 15) is 9.90 Å². The summed E-state index contributed by atoms with van der Waals surface area (Å²) in [4.78, 5) is 27.8. The van der Waals surface area contributed by atoms with Gasteiger partial charge in [0.25, 0.3) is 0 Å². The van der Waals surface area contributed by atoms with Crippen LogP contribution < -0.4 is 4.90 Å². The monoisotopic (exact) mass is 432 g/mol. The fourth-order valence-electron chi connectivity index (χ4n) is 3.80. The van der Waals surface area contributed by atoms with E-state index in [0.717, 1.165) is 38.2 Å². The first-order chi connectivity index (χ1) is 15.2. The van der Waals surface area contributed by atoms with Crippen LogP contribution in [0.25, 0.3) is 33.0 Å². The van der Waals surface area contributed by atoms with Gasteiger partial charge in [-0.2, -0.15) is 0 Å². The van der Waals surface area contributed by atoms with Gasteiger partial charge in [0.2, 0.25) is 0 Å². The van der Waals surface area contributed by atoms with Crippen LogP contribution in [-0.2, 0) is 4.79 Å². The van der Waals surface area contributed by atoms with Crippen LogP contribution in [0.2, 0.25) is 0 Å². The van der Waals surface area contributed by atoms with Crippen molar-refractivity contribution >= 4 is 22.4 Å². The molecule has 1 aromatic carbocycles. The number of aromatic nitrogens is 3. The summed E-state index contributed by atoms with van der Waals surface area (Å²) in [5, 5.41) is 10.2. The molecule has 0 amide bonds. The Morgan fingerprint density at radius 1 is 1.03 bits per heavy atom. The number of rotatable bonds is 5. The van der Waals surface area contributed by atoms with Crippen LogP contribution in [0, 0.1) is 5.92 Å². The Hall–Kier alpha value is -3.52. The number of hydrogen-bond acceptors (Lipinski definition) is 7. The maximum Gasteiger partial charge on any atom is 0.306 e. The Labute approximate surface area is 183 Å². The van der Waals surface area contributed by atoms with Gasteiger partial charge in [0.05, 0.1) is 22.7 Å². The van der Waals surface area contributed by atoms with E-state index in [4.69, 9.17) is 9.40 Å². The highest BCUT2D eigenvalue weighted by atomic mass is 32.1. The molecule has 7 nitrogen and oxygen atoms in total. The van der Waals surface area contributed by atoms with Crippen molar-refractivity contribution in [2.24, 2.45) is 5.92 Å². The summed E-state index contributed by atoms with van der Waals surface area (Å²) in [6, 6.07) is 12.0. The highest BCUT2D eigenvalue weighted by Crippen LogP contribution is 2.41. The van der Waals surface area contributed by atoms with E-state index in [1.54, 1.807) is 23.7 Å². The minimum absolute atomic E-state index is 0.267. The zero-order valence-electron chi connectivity index (χ0n) is 16.6. The van der Waals surface area contributed by atoms with Gasteiger partial charge in [0.15, 0.2) is 17.3 Å². The molecule has 4 aromatic rings. The number of hydrogen-bond donors (Lipinski definition) is 1. The predicted octanol–water partition coefficient (Wildman–Crippen LogP) is 4.83. The zero-order chi connectivity index (χ0) is 21.2. The number of piperidine rings is 1. The van der Waals surface area contributed by atoms with E-state index >= 15 is 0 Å². The lowest BCUT2D eigenvalue weighted by atomic mass is 9.97. The molecule has 4 heterocycles. The standard InChI is InChI=1S/C23H20N4O3S/c28-22(29)17-7-10-27(11-8-17)23-26-20(21(31-23)18-2-1-9-24-12-18)16-5-3-15(4-6-16)19-13-25-14-30-19/h1-6,9,12-14,17H,7-8,10-11H2,(H,28,29). The number of nitrogens with zero attached hydrogens (tertiary/aromatic N) is 4. The van der Waals surface area contributed by atoms with E-state index in [0.29, 0.717) is 25.9 Å². The number of thiazole rings is 1. The van der Waals surface area contributed by atoms with E-state index < -0.39 is 5.97 Å². The average molecular weight is 433 g/mol. The van der Waals surface area contributed by atoms with Crippen molar-refractivity contribution in [2.45, 2.75) is 12.8 Å². The van der Waals surface area contributed by atoms with Crippen LogP contribution in [0.4, 0.5) is 5.13 Å². The largest absolute Gasteiger partial charge is 0.481 e. The summed E-state index contributed by atoms with van der Waals surface area (Å²) >= 11 is 1.62. The molecule has 1 aliphatic rings. The molecule has 1 N–H and O–H groups in total. The fraction of sp³-hybridized carbons (Fsp3) is 0.217. The van der Waals surface area contributed by atoms with Crippen LogP contribution in [0.1, 0.15) is 12.8 Å². The molecule has 5 rings (SSSR count). The molecule has 1 saturated heterocycles. The highest BCUT2D eigenvalue weighted by Gasteiger charge is 2.27. The van der Waals surface area contributed by atoms with Crippen molar-refractivity contribution in [2.75, 3.05) is 18.0 Å². The second kappa shape index (κ2) is 8.31. The summed E-state index contributed by atoms with van der Waals surface area (Å²) in [7, 11) is 0. The van der Waals surface area contributed by atoms with E-state index in [1.165, 1.54) is 6.39 Å². The third-order valence-corrected chi connectivity index (χ3v) is 6.69. The molecule has 3 aromatic heterocycles. The van der Waals surface area contributed by atoms with E-state index in [1.807, 2.05) is 42.6 Å². The zero-order valence-corrected chi connectivity index (χ0v) is 17.5. The number of pyridine rings is 1. The molecule has 1 fully saturated rings. The molecule has 1 aliphatic heterocycles. The third kappa shape index (κ3) is 3.94. The first kappa shape index (κ1) is 19.4. The predicted molar refractivity (Wildman–Crippen MR) is 119 cm³/mol. The lowest BCUT2D eigenvalue weighted by Crippen LogP contribution is -2.36. The number of carboxylic acid groups (broad SMARTS) is 1. The van der Waals surface area contributed by atoms with Crippen molar-refractivity contribution < 1.29 is 14.3 Å². The number of oxazole rings is 1. The van der Waals surface area contributed by atoms with Crippen molar-refractivity contribution in [3.05, 3.63) is 61.4 Å². The van der Waals surface area contributed by atoms with Crippen LogP contribution in [0.5, 0.6) is 0 Å². The molecule has 0 atom stereocenters. The normalized spacial score (nSPS) is 14.6. The summed E-state index contributed by atoms with van der Waals surface area (Å²) in [6.45, 7) is 1.39. The SMILES string of the molecule is O=C(O)C1CCN(c2nc(-c3ccc(-c4cnco4)cc3)c(-c3cccnc3)s2)CC1. The molecule has 0 spiro atoms. The second-order valence-corrected chi connectivity index (χ2v) is 8.44. The number of aliphatic carboxylic acids is 1. The van der Waals surface area contributed by atoms with Gasteiger partial charge < -0.3 is 14.4 Å². The Kier molecular flexibility index (Phi) is 5.21. The van der Waals surface area contributed by atoms with Gasteiger partial charge in [0.1, 0.15) is 0 Å². The Bertz CT molecular complexity index is 1170. The van der Waals surface area contributed by atoms with Gasteiger partial charge in [-0.25, -0.2) is 9.97 Å². The molecule has 0 bridgehead atoms. The molecule has 8 heteroatoms. The van der Waals surface area contributed by atoms with Crippen molar-refractivity contribution in [3.8, 4) is 33.0 Å². The van der Waals surface area contributed by atoms with Crippen molar-refractivity contribution in [1.82, 2.24) is 15.0 Å². The van der Waals surface area contributed by atoms with Gasteiger partial charge in [-0.05, 0) is 18.9 Å². The molecule has 31 heavy (non-hydrogen) atoms. The number of carboxylic acids is 1.